The first kappa shape index (κ1) is 33.7. The molecule has 8 nitrogen and oxygen atoms in total. The van der Waals surface area contributed by atoms with Gasteiger partial charge in [0, 0.05) is 30.3 Å². The molecule has 0 radical (unpaired) electrons. The predicted octanol–water partition coefficient (Wildman–Crippen LogP) is 7.00. The number of hydrogen-bond donors (Lipinski definition) is 1. The average molecular weight is 720 g/mol. The van der Waals surface area contributed by atoms with Gasteiger partial charge in [-0.25, -0.2) is 17.5 Å². The topological polar surface area (TPSA) is 97.8 Å². The molecular formula is C39H43ClFN3O5S. The van der Waals surface area contributed by atoms with Crippen LogP contribution in [0.1, 0.15) is 73.1 Å². The average Bonchev–Trinajstić information content (AvgIpc) is 3.22. The third-order valence-corrected chi connectivity index (χ3v) is 14.4. The number of amides is 1. The second-order valence-corrected chi connectivity index (χ2v) is 17.5. The van der Waals surface area contributed by atoms with Crippen molar-refractivity contribution >= 4 is 33.2 Å². The maximum Gasteiger partial charge on any atom is 0.264 e. The molecule has 11 heteroatoms. The van der Waals surface area contributed by atoms with E-state index in [1.165, 1.54) is 5.57 Å². The number of benzene rings is 2. The molecule has 1 amide bonds. The summed E-state index contributed by atoms with van der Waals surface area (Å²) in [5.41, 5.74) is 4.13. The van der Waals surface area contributed by atoms with Crippen LogP contribution in [0, 0.1) is 29.5 Å². The molecule has 2 aromatic carbocycles. The van der Waals surface area contributed by atoms with E-state index in [1.807, 2.05) is 31.2 Å². The van der Waals surface area contributed by atoms with Crippen molar-refractivity contribution in [1.82, 2.24) is 9.71 Å². The molecule has 1 N–H and O–H groups in total. The molecule has 1 saturated carbocycles. The van der Waals surface area contributed by atoms with Gasteiger partial charge in [-0.05, 0) is 122 Å². The Morgan fingerprint density at radius 2 is 2.00 bits per heavy atom. The van der Waals surface area contributed by atoms with E-state index in [1.54, 1.807) is 37.4 Å². The van der Waals surface area contributed by atoms with Crippen LogP contribution in [0.2, 0.25) is 5.02 Å². The van der Waals surface area contributed by atoms with Gasteiger partial charge >= 0.3 is 0 Å². The Bertz CT molecular complexity index is 1960. The Labute approximate surface area is 298 Å². The fraction of sp³-hybridized carbons (Fsp3) is 0.487. The zero-order valence-corrected chi connectivity index (χ0v) is 30.0. The molecule has 3 aromatic rings. The molecule has 3 aliphatic carbocycles. The number of rotatable bonds is 3. The first-order valence-corrected chi connectivity index (χ1v) is 19.7. The van der Waals surface area contributed by atoms with Crippen LogP contribution in [0.3, 0.4) is 0 Å². The molecular weight excluding hydrogens is 677 g/mol. The number of halogens is 2. The van der Waals surface area contributed by atoms with E-state index in [0.717, 1.165) is 49.0 Å². The second kappa shape index (κ2) is 12.9. The molecule has 4 heterocycles. The first-order chi connectivity index (χ1) is 24.0. The summed E-state index contributed by atoms with van der Waals surface area (Å²) in [6, 6.07) is 14.6. The number of pyridine rings is 1. The smallest absolute Gasteiger partial charge is 0.264 e. The highest BCUT2D eigenvalue weighted by molar-refractivity contribution is 7.90. The summed E-state index contributed by atoms with van der Waals surface area (Å²) in [6.45, 7) is 5.60. The summed E-state index contributed by atoms with van der Waals surface area (Å²) in [7, 11) is -3.98. The number of nitrogens with one attached hydrogen (secondary N) is 1. The van der Waals surface area contributed by atoms with Gasteiger partial charge in [0.25, 0.3) is 5.91 Å². The van der Waals surface area contributed by atoms with Gasteiger partial charge in [-0.15, -0.1) is 0 Å². The molecule has 264 valence electrons. The number of fused-ring (bicyclic) bond motifs is 6. The number of carbonyl (C=O) groups excluding carboxylic acids is 1. The molecule has 3 aliphatic heterocycles. The number of ether oxygens (including phenoxy) is 2. The van der Waals surface area contributed by atoms with Crippen molar-refractivity contribution < 1.29 is 27.1 Å². The van der Waals surface area contributed by atoms with Crippen molar-refractivity contribution in [1.29, 1.82) is 0 Å². The van der Waals surface area contributed by atoms with Gasteiger partial charge in [0.1, 0.15) is 11.6 Å². The SMILES string of the molecule is C[C@@H]1[C@@H](C)S(=O)(=O)NC(=O)c2ccc3c(c2)N(C[C@@H]2CC[C@H]2[C@@H](OCc2ccccn2)C2=C[C@H]1C2)C[C@@]1(CCCc2c1ccc(Cl)c2F)CO3. The van der Waals surface area contributed by atoms with Crippen LogP contribution in [0.4, 0.5) is 10.1 Å². The summed E-state index contributed by atoms with van der Waals surface area (Å²) in [5, 5.41) is -0.660. The predicted molar refractivity (Wildman–Crippen MR) is 190 cm³/mol. The minimum absolute atomic E-state index is 0.0628. The van der Waals surface area contributed by atoms with Crippen molar-refractivity contribution in [3.8, 4) is 5.75 Å². The van der Waals surface area contributed by atoms with Gasteiger partial charge in [-0.1, -0.05) is 36.7 Å². The van der Waals surface area contributed by atoms with Gasteiger partial charge in [0.15, 0.2) is 0 Å². The standard InChI is InChI=1S/C39H43ClFN3O5S/c1-23-24(2)50(46,47)43-38(45)25-9-13-35-34(18-25)44(21-39(22-49-35)14-5-7-31-32(39)11-12-33(40)36(31)41)19-26-8-10-30(26)37(28-16-27(23)17-28)48-20-29-6-3-4-15-42-29/h3-4,6,9,11-13,15-16,18,23-24,26-27,30,37H,5,7-8,10,14,17,19-22H2,1-2H3,(H,43,45)/t23-,24-,26+,27+,30-,37+,39+/m1/s1. The van der Waals surface area contributed by atoms with Crippen molar-refractivity contribution in [2.45, 2.75) is 75.7 Å². The van der Waals surface area contributed by atoms with E-state index in [-0.39, 0.29) is 40.3 Å². The number of carbonyl (C=O) groups is 1. The summed E-state index contributed by atoms with van der Waals surface area (Å²) in [6.07, 6.45) is 8.87. The van der Waals surface area contributed by atoms with E-state index in [9.17, 15) is 13.2 Å². The van der Waals surface area contributed by atoms with Gasteiger partial charge < -0.3 is 14.4 Å². The van der Waals surface area contributed by atoms with Crippen molar-refractivity contribution in [3.63, 3.8) is 0 Å². The Hall–Kier alpha value is -3.47. The highest BCUT2D eigenvalue weighted by Gasteiger charge is 2.47. The monoisotopic (exact) mass is 719 g/mol. The lowest BCUT2D eigenvalue weighted by molar-refractivity contribution is -0.0359. The molecule has 1 spiro atoms. The molecule has 9 rings (SSSR count). The van der Waals surface area contributed by atoms with Crippen LogP contribution < -0.4 is 14.4 Å². The zero-order chi connectivity index (χ0) is 34.8. The molecule has 0 unspecified atom stereocenters. The Kier molecular flexibility index (Phi) is 8.71. The third kappa shape index (κ3) is 5.91. The minimum Gasteiger partial charge on any atom is -0.490 e. The minimum atomic E-state index is -3.98. The lowest BCUT2D eigenvalue weighted by atomic mass is 9.64. The first-order valence-electron chi connectivity index (χ1n) is 17.8. The third-order valence-electron chi connectivity index (χ3n) is 12.3. The fourth-order valence-corrected chi connectivity index (χ4v) is 10.4. The highest BCUT2D eigenvalue weighted by atomic mass is 35.5. The van der Waals surface area contributed by atoms with E-state index in [0.29, 0.717) is 50.0 Å². The number of aromatic nitrogens is 1. The summed E-state index contributed by atoms with van der Waals surface area (Å²) >= 11 is 6.26. The largest absolute Gasteiger partial charge is 0.490 e. The molecule has 6 aliphatic rings. The maximum atomic E-state index is 15.5. The van der Waals surface area contributed by atoms with E-state index in [2.05, 4.69) is 20.7 Å². The maximum absolute atomic E-state index is 15.5. The lowest BCUT2D eigenvalue weighted by Gasteiger charge is -2.48. The van der Waals surface area contributed by atoms with Gasteiger partial charge in [0.05, 0.1) is 41.0 Å². The highest BCUT2D eigenvalue weighted by Crippen LogP contribution is 2.50. The number of anilines is 1. The number of allylic oxidation sites excluding steroid dienone is 1. The number of hydrogen-bond acceptors (Lipinski definition) is 7. The zero-order valence-electron chi connectivity index (χ0n) is 28.4. The molecule has 7 atom stereocenters. The van der Waals surface area contributed by atoms with Crippen molar-refractivity contribution in [2.24, 2.45) is 23.7 Å². The Morgan fingerprint density at radius 1 is 1.16 bits per heavy atom. The van der Waals surface area contributed by atoms with E-state index < -0.39 is 26.6 Å². The van der Waals surface area contributed by atoms with Gasteiger partial charge in [0.2, 0.25) is 10.0 Å². The van der Waals surface area contributed by atoms with Crippen LogP contribution in [0.5, 0.6) is 5.75 Å². The molecule has 50 heavy (non-hydrogen) atoms. The lowest BCUT2D eigenvalue weighted by Crippen LogP contribution is -2.51. The van der Waals surface area contributed by atoms with Gasteiger partial charge in [-0.3, -0.25) is 9.78 Å². The van der Waals surface area contributed by atoms with Gasteiger partial charge in [-0.2, -0.15) is 0 Å². The Morgan fingerprint density at radius 3 is 2.76 bits per heavy atom. The molecule has 1 fully saturated rings. The Balaban J connectivity index is 1.20. The van der Waals surface area contributed by atoms with E-state index in [4.69, 9.17) is 21.1 Å². The molecule has 4 bridgehead atoms. The summed E-state index contributed by atoms with van der Waals surface area (Å²) < 4.78 is 58.3. The molecule has 0 saturated heterocycles. The quantitative estimate of drug-likeness (QED) is 0.291. The van der Waals surface area contributed by atoms with Crippen LogP contribution in [0.25, 0.3) is 0 Å². The van der Waals surface area contributed by atoms with Crippen LogP contribution in [-0.2, 0) is 33.2 Å². The summed E-state index contributed by atoms with van der Waals surface area (Å²) in [4.78, 5) is 20.4. The van der Waals surface area contributed by atoms with E-state index >= 15 is 4.39 Å². The number of nitrogens with zero attached hydrogens (tertiary/aromatic N) is 2. The normalized spacial score (nSPS) is 31.5. The number of sulfonamides is 1. The fourth-order valence-electron chi connectivity index (χ4n) is 8.93. The van der Waals surface area contributed by atoms with Crippen LogP contribution in [-0.4, -0.2) is 50.4 Å². The van der Waals surface area contributed by atoms with Crippen LogP contribution >= 0.6 is 11.6 Å². The summed E-state index contributed by atoms with van der Waals surface area (Å²) in [5.74, 6) is 0.00430. The van der Waals surface area contributed by atoms with Crippen molar-refractivity contribution in [2.75, 3.05) is 24.6 Å². The molecule has 1 aromatic heterocycles. The van der Waals surface area contributed by atoms with Crippen LogP contribution in [0.15, 0.2) is 66.4 Å². The second-order valence-electron chi connectivity index (χ2n) is 15.1. The van der Waals surface area contributed by atoms with Crippen molar-refractivity contribution in [3.05, 3.63) is 99.6 Å².